The first-order chi connectivity index (χ1) is 13.2. The van der Waals surface area contributed by atoms with Crippen molar-refractivity contribution < 1.29 is 18.3 Å². The molecule has 2 heterocycles. The standard InChI is InChI=1S/C19H28F2N4O2/c1-2-22-19(23-10-14-6-3-4-8-17(14)27-18(20)21)24-11-16-12-25-9-5-7-15(25)13-26-16/h3-4,6,8,15-16,18H,2,5,7,9-13H2,1H3,(H2,22,23,24). The van der Waals surface area contributed by atoms with E-state index in [4.69, 9.17) is 4.74 Å². The van der Waals surface area contributed by atoms with Crippen molar-refractivity contribution in [1.82, 2.24) is 15.5 Å². The Morgan fingerprint density at radius 1 is 1.37 bits per heavy atom. The van der Waals surface area contributed by atoms with Crippen molar-refractivity contribution in [2.24, 2.45) is 4.99 Å². The van der Waals surface area contributed by atoms with Crippen LogP contribution in [0.25, 0.3) is 0 Å². The Morgan fingerprint density at radius 2 is 2.22 bits per heavy atom. The molecule has 2 atom stereocenters. The zero-order chi connectivity index (χ0) is 19.1. The van der Waals surface area contributed by atoms with Crippen LogP contribution in [0, 0.1) is 0 Å². The average molecular weight is 382 g/mol. The molecule has 2 aliphatic rings. The summed E-state index contributed by atoms with van der Waals surface area (Å²) in [6.07, 6.45) is 2.60. The predicted molar refractivity (Wildman–Crippen MR) is 100 cm³/mol. The van der Waals surface area contributed by atoms with Crippen LogP contribution in [0.3, 0.4) is 0 Å². The monoisotopic (exact) mass is 382 g/mol. The Balaban J connectivity index is 1.55. The SMILES string of the molecule is CCNC(=NCc1ccccc1OC(F)F)NCC1CN2CCCC2CO1. The molecule has 0 amide bonds. The topological polar surface area (TPSA) is 58.1 Å². The minimum atomic E-state index is -2.85. The number of fused-ring (bicyclic) bond motifs is 1. The van der Waals surface area contributed by atoms with Crippen molar-refractivity contribution in [3.05, 3.63) is 29.8 Å². The highest BCUT2D eigenvalue weighted by molar-refractivity contribution is 5.79. The van der Waals surface area contributed by atoms with Gasteiger partial charge in [0, 0.05) is 31.2 Å². The Labute approximate surface area is 158 Å². The van der Waals surface area contributed by atoms with Gasteiger partial charge >= 0.3 is 6.61 Å². The molecule has 27 heavy (non-hydrogen) atoms. The molecule has 150 valence electrons. The molecule has 2 fully saturated rings. The maximum atomic E-state index is 12.5. The summed E-state index contributed by atoms with van der Waals surface area (Å²) in [5, 5.41) is 6.48. The van der Waals surface area contributed by atoms with Crippen molar-refractivity contribution in [3.63, 3.8) is 0 Å². The van der Waals surface area contributed by atoms with E-state index in [1.54, 1.807) is 18.2 Å². The number of aliphatic imine (C=N–C) groups is 1. The number of morpholine rings is 1. The molecule has 0 saturated carbocycles. The quantitative estimate of drug-likeness (QED) is 0.559. The lowest BCUT2D eigenvalue weighted by molar-refractivity contribution is -0.0504. The molecule has 0 aromatic heterocycles. The third-order valence-electron chi connectivity index (χ3n) is 4.90. The molecule has 8 heteroatoms. The van der Waals surface area contributed by atoms with Gasteiger partial charge in [-0.05, 0) is 32.4 Å². The van der Waals surface area contributed by atoms with Gasteiger partial charge in [-0.3, -0.25) is 4.90 Å². The van der Waals surface area contributed by atoms with Gasteiger partial charge in [0.2, 0.25) is 0 Å². The number of nitrogens with one attached hydrogen (secondary N) is 2. The molecule has 1 aromatic rings. The summed E-state index contributed by atoms with van der Waals surface area (Å²) in [5.41, 5.74) is 0.615. The molecular weight excluding hydrogens is 354 g/mol. The van der Waals surface area contributed by atoms with Crippen LogP contribution in [0.1, 0.15) is 25.3 Å². The number of ether oxygens (including phenoxy) is 2. The number of alkyl halides is 2. The predicted octanol–water partition coefficient (Wildman–Crippen LogP) is 2.21. The molecular formula is C19H28F2N4O2. The second-order valence-corrected chi connectivity index (χ2v) is 6.81. The van der Waals surface area contributed by atoms with Gasteiger partial charge in [-0.25, -0.2) is 4.99 Å². The normalized spacial score (nSPS) is 23.3. The molecule has 0 aliphatic carbocycles. The smallest absolute Gasteiger partial charge is 0.387 e. The molecule has 2 saturated heterocycles. The Hall–Kier alpha value is -1.93. The minimum absolute atomic E-state index is 0.123. The number of hydrogen-bond acceptors (Lipinski definition) is 4. The summed E-state index contributed by atoms with van der Waals surface area (Å²) < 4.78 is 35.6. The van der Waals surface area contributed by atoms with E-state index in [2.05, 4.69) is 25.3 Å². The lowest BCUT2D eigenvalue weighted by atomic mass is 10.2. The van der Waals surface area contributed by atoms with E-state index in [1.807, 2.05) is 6.92 Å². The van der Waals surface area contributed by atoms with E-state index >= 15 is 0 Å². The second-order valence-electron chi connectivity index (χ2n) is 6.81. The van der Waals surface area contributed by atoms with Crippen molar-refractivity contribution in [3.8, 4) is 5.75 Å². The Morgan fingerprint density at radius 3 is 3.04 bits per heavy atom. The number of nitrogens with zero attached hydrogens (tertiary/aromatic N) is 2. The number of benzene rings is 1. The molecule has 0 spiro atoms. The van der Waals surface area contributed by atoms with Gasteiger partial charge in [-0.2, -0.15) is 8.78 Å². The van der Waals surface area contributed by atoms with Gasteiger partial charge in [0.05, 0.1) is 19.3 Å². The lowest BCUT2D eigenvalue weighted by Gasteiger charge is -2.35. The summed E-state index contributed by atoms with van der Waals surface area (Å²) in [6, 6.07) is 7.30. The number of rotatable bonds is 7. The van der Waals surface area contributed by atoms with Crippen molar-refractivity contribution in [2.45, 2.75) is 45.1 Å². The fraction of sp³-hybridized carbons (Fsp3) is 0.632. The second kappa shape index (κ2) is 9.85. The number of guanidine groups is 1. The fourth-order valence-electron chi connectivity index (χ4n) is 3.57. The Kier molecular flexibility index (Phi) is 7.23. The zero-order valence-corrected chi connectivity index (χ0v) is 15.7. The van der Waals surface area contributed by atoms with E-state index in [1.165, 1.54) is 18.9 Å². The number of halogens is 2. The van der Waals surface area contributed by atoms with Crippen LogP contribution in [0.2, 0.25) is 0 Å². The van der Waals surface area contributed by atoms with Crippen LogP contribution in [-0.2, 0) is 11.3 Å². The summed E-state index contributed by atoms with van der Waals surface area (Å²) in [4.78, 5) is 7.00. The number of para-hydroxylation sites is 1. The highest BCUT2D eigenvalue weighted by Crippen LogP contribution is 2.22. The molecule has 2 unspecified atom stereocenters. The number of hydrogen-bond donors (Lipinski definition) is 2. The van der Waals surface area contributed by atoms with E-state index in [0.717, 1.165) is 19.7 Å². The zero-order valence-electron chi connectivity index (χ0n) is 15.7. The summed E-state index contributed by atoms with van der Waals surface area (Å²) in [6.45, 7) is 3.62. The van der Waals surface area contributed by atoms with Crippen LogP contribution in [0.5, 0.6) is 5.75 Å². The van der Waals surface area contributed by atoms with Crippen LogP contribution in [0.15, 0.2) is 29.3 Å². The maximum absolute atomic E-state index is 12.5. The van der Waals surface area contributed by atoms with Gasteiger partial charge in [-0.15, -0.1) is 0 Å². The van der Waals surface area contributed by atoms with Crippen LogP contribution in [-0.4, -0.2) is 62.4 Å². The first kappa shape index (κ1) is 19.8. The lowest BCUT2D eigenvalue weighted by Crippen LogP contribution is -2.51. The van der Waals surface area contributed by atoms with E-state index < -0.39 is 6.61 Å². The van der Waals surface area contributed by atoms with Gasteiger partial charge in [0.1, 0.15) is 5.75 Å². The van der Waals surface area contributed by atoms with E-state index in [0.29, 0.717) is 30.7 Å². The maximum Gasteiger partial charge on any atom is 0.387 e. The van der Waals surface area contributed by atoms with Crippen LogP contribution >= 0.6 is 0 Å². The molecule has 1 aromatic carbocycles. The highest BCUT2D eigenvalue weighted by atomic mass is 19.3. The van der Waals surface area contributed by atoms with Crippen molar-refractivity contribution in [1.29, 1.82) is 0 Å². The molecule has 6 nitrogen and oxygen atoms in total. The largest absolute Gasteiger partial charge is 0.434 e. The third kappa shape index (κ3) is 5.77. The van der Waals surface area contributed by atoms with Crippen LogP contribution < -0.4 is 15.4 Å². The molecule has 2 N–H and O–H groups in total. The first-order valence-corrected chi connectivity index (χ1v) is 9.56. The van der Waals surface area contributed by atoms with Gasteiger partial charge < -0.3 is 20.1 Å². The van der Waals surface area contributed by atoms with Gasteiger partial charge in [0.15, 0.2) is 5.96 Å². The Bertz CT molecular complexity index is 629. The summed E-state index contributed by atoms with van der Waals surface area (Å²) in [5.74, 6) is 0.791. The molecule has 2 aliphatic heterocycles. The fourth-order valence-corrected chi connectivity index (χ4v) is 3.57. The van der Waals surface area contributed by atoms with E-state index in [-0.39, 0.29) is 18.4 Å². The summed E-state index contributed by atoms with van der Waals surface area (Å²) >= 11 is 0. The molecule has 0 radical (unpaired) electrons. The highest BCUT2D eigenvalue weighted by Gasteiger charge is 2.32. The van der Waals surface area contributed by atoms with Gasteiger partial charge in [-0.1, -0.05) is 18.2 Å². The average Bonchev–Trinajstić information content (AvgIpc) is 3.12. The first-order valence-electron chi connectivity index (χ1n) is 9.56. The van der Waals surface area contributed by atoms with E-state index in [9.17, 15) is 8.78 Å². The third-order valence-corrected chi connectivity index (χ3v) is 4.90. The summed E-state index contributed by atoms with van der Waals surface area (Å²) in [7, 11) is 0. The molecule has 3 rings (SSSR count). The van der Waals surface area contributed by atoms with Crippen molar-refractivity contribution in [2.75, 3.05) is 32.8 Å². The van der Waals surface area contributed by atoms with Crippen molar-refractivity contribution >= 4 is 5.96 Å². The van der Waals surface area contributed by atoms with Gasteiger partial charge in [0.25, 0.3) is 0 Å². The molecule has 0 bridgehead atoms. The minimum Gasteiger partial charge on any atom is -0.434 e. The van der Waals surface area contributed by atoms with Crippen LogP contribution in [0.4, 0.5) is 8.78 Å².